The van der Waals surface area contributed by atoms with Crippen LogP contribution in [0.4, 0.5) is 0 Å². The van der Waals surface area contributed by atoms with Crippen LogP contribution in [0.2, 0.25) is 0 Å². The van der Waals surface area contributed by atoms with E-state index in [1.54, 1.807) is 6.20 Å². The molecule has 0 amide bonds. The molecule has 1 rings (SSSR count). The smallest absolute Gasteiger partial charge is 0.144 e. The first-order chi connectivity index (χ1) is 7.30. The van der Waals surface area contributed by atoms with Gasteiger partial charge in [-0.05, 0) is 55.8 Å². The van der Waals surface area contributed by atoms with E-state index >= 15 is 0 Å². The Kier molecular flexibility index (Phi) is 4.52. The molecule has 0 aliphatic heterocycles. The largest absolute Gasteiger partial charge is 0.591 e. The highest BCUT2D eigenvalue weighted by molar-refractivity contribution is 9.10. The van der Waals surface area contributed by atoms with Crippen LogP contribution in [0, 0.1) is 0 Å². The van der Waals surface area contributed by atoms with Gasteiger partial charge in [-0.3, -0.25) is 0 Å². The number of halogens is 1. The van der Waals surface area contributed by atoms with Gasteiger partial charge in [0.05, 0.1) is 5.71 Å². The number of rotatable bonds is 2. The minimum absolute atomic E-state index is 0.329. The molecule has 1 heterocycles. The summed E-state index contributed by atoms with van der Waals surface area (Å²) in [5.74, 6) is 0. The Hall–Kier alpha value is -0.390. The van der Waals surface area contributed by atoms with Crippen LogP contribution >= 0.6 is 15.9 Å². The van der Waals surface area contributed by atoms with Crippen molar-refractivity contribution < 1.29 is 4.55 Å². The van der Waals surface area contributed by atoms with Gasteiger partial charge in [-0.2, -0.15) is 0 Å². The van der Waals surface area contributed by atoms with Crippen LogP contribution < -0.4 is 0 Å². The molecule has 1 atom stereocenters. The zero-order valence-electron chi connectivity index (χ0n) is 9.82. The van der Waals surface area contributed by atoms with Crippen molar-refractivity contribution in [2.45, 2.75) is 32.4 Å². The number of pyridine rings is 1. The van der Waals surface area contributed by atoms with Crippen molar-refractivity contribution in [1.29, 1.82) is 0 Å². The van der Waals surface area contributed by atoms with Gasteiger partial charge in [0.2, 0.25) is 0 Å². The Balaban J connectivity index is 2.89. The fraction of sp³-hybridized carbons (Fsp3) is 0.455. The first kappa shape index (κ1) is 13.7. The summed E-state index contributed by atoms with van der Waals surface area (Å²) < 4.78 is 16.4. The Bertz CT molecular complexity index is 384. The van der Waals surface area contributed by atoms with Crippen LogP contribution in [0.15, 0.2) is 27.3 Å². The molecular weight excluding hydrogens is 288 g/mol. The fourth-order valence-electron chi connectivity index (χ4n) is 0.904. The van der Waals surface area contributed by atoms with Gasteiger partial charge in [0.15, 0.2) is 0 Å². The van der Waals surface area contributed by atoms with Crippen LogP contribution in [0.25, 0.3) is 0 Å². The molecule has 3 nitrogen and oxygen atoms in total. The van der Waals surface area contributed by atoms with Crippen LogP contribution in [-0.4, -0.2) is 20.0 Å². The van der Waals surface area contributed by atoms with Crippen LogP contribution in [0.5, 0.6) is 0 Å². The maximum Gasteiger partial charge on any atom is 0.144 e. The van der Waals surface area contributed by atoms with E-state index in [1.807, 2.05) is 39.8 Å². The minimum Gasteiger partial charge on any atom is -0.591 e. The summed E-state index contributed by atoms with van der Waals surface area (Å²) in [6.45, 7) is 7.55. The molecule has 0 aromatic carbocycles. The lowest BCUT2D eigenvalue weighted by atomic mass is 10.2. The summed E-state index contributed by atoms with van der Waals surface area (Å²) >= 11 is 2.04. The molecular formula is C11H15BrN2OS. The molecule has 0 spiro atoms. The molecule has 0 fully saturated rings. The van der Waals surface area contributed by atoms with Crippen molar-refractivity contribution in [1.82, 2.24) is 4.98 Å². The van der Waals surface area contributed by atoms with Gasteiger partial charge in [-0.1, -0.05) is 4.40 Å². The molecule has 0 N–H and O–H groups in total. The van der Waals surface area contributed by atoms with Gasteiger partial charge in [0.1, 0.15) is 20.7 Å². The van der Waals surface area contributed by atoms with Crippen molar-refractivity contribution in [2.75, 3.05) is 0 Å². The summed E-state index contributed by atoms with van der Waals surface area (Å²) in [5, 5.41) is 0. The highest BCUT2D eigenvalue weighted by atomic mass is 79.9. The summed E-state index contributed by atoms with van der Waals surface area (Å²) in [6.07, 6.45) is 1.71. The van der Waals surface area contributed by atoms with Gasteiger partial charge in [-0.25, -0.2) is 4.98 Å². The van der Waals surface area contributed by atoms with Crippen molar-refractivity contribution in [3.63, 3.8) is 0 Å². The molecule has 1 aromatic heterocycles. The fourth-order valence-corrected chi connectivity index (χ4v) is 1.77. The summed E-state index contributed by atoms with van der Waals surface area (Å²) in [7, 11) is 0. The number of nitrogens with zero attached hydrogens (tertiary/aromatic N) is 2. The predicted molar refractivity (Wildman–Crippen MR) is 72.0 cm³/mol. The maximum atomic E-state index is 11.8. The first-order valence-corrected chi connectivity index (χ1v) is 6.80. The molecule has 16 heavy (non-hydrogen) atoms. The lowest BCUT2D eigenvalue weighted by molar-refractivity contribution is 0.561. The topological polar surface area (TPSA) is 48.3 Å². The number of hydrogen-bond acceptors (Lipinski definition) is 3. The minimum atomic E-state index is -1.22. The molecule has 0 radical (unpaired) electrons. The monoisotopic (exact) mass is 302 g/mol. The van der Waals surface area contributed by atoms with Crippen molar-refractivity contribution in [3.8, 4) is 0 Å². The Morgan fingerprint density at radius 3 is 2.50 bits per heavy atom. The Morgan fingerprint density at radius 1 is 1.44 bits per heavy atom. The molecule has 0 unspecified atom stereocenters. The first-order valence-electron chi connectivity index (χ1n) is 4.90. The van der Waals surface area contributed by atoms with Crippen molar-refractivity contribution in [2.24, 2.45) is 4.40 Å². The summed E-state index contributed by atoms with van der Waals surface area (Å²) in [5.41, 5.74) is 1.63. The number of aromatic nitrogens is 1. The summed E-state index contributed by atoms with van der Waals surface area (Å²) in [4.78, 5) is 4.11. The maximum absolute atomic E-state index is 11.8. The highest BCUT2D eigenvalue weighted by Gasteiger charge is 2.26. The SMILES string of the molecule is CC(=N[S@+]([O-])C(C)(C)C)c1ccc(Br)nc1. The quantitative estimate of drug-likeness (QED) is 0.479. The molecule has 0 aliphatic rings. The zero-order chi connectivity index (χ0) is 12.3. The molecule has 0 saturated carbocycles. The molecule has 88 valence electrons. The molecule has 0 aliphatic carbocycles. The second-order valence-corrected chi connectivity index (χ2v) is 7.13. The third kappa shape index (κ3) is 3.88. The molecule has 0 bridgehead atoms. The van der Waals surface area contributed by atoms with E-state index in [0.717, 1.165) is 15.9 Å². The lowest BCUT2D eigenvalue weighted by Crippen LogP contribution is -2.26. The van der Waals surface area contributed by atoms with Crippen molar-refractivity contribution >= 4 is 33.0 Å². The van der Waals surface area contributed by atoms with E-state index in [1.165, 1.54) is 0 Å². The average molecular weight is 303 g/mol. The predicted octanol–water partition coefficient (Wildman–Crippen LogP) is 3.12. The second-order valence-electron chi connectivity index (χ2n) is 4.41. The van der Waals surface area contributed by atoms with Gasteiger partial charge in [-0.15, -0.1) is 0 Å². The Morgan fingerprint density at radius 2 is 2.06 bits per heavy atom. The molecule has 5 heteroatoms. The normalized spacial score (nSPS) is 15.0. The van der Waals surface area contributed by atoms with E-state index in [-0.39, 0.29) is 4.75 Å². The van der Waals surface area contributed by atoms with E-state index < -0.39 is 11.4 Å². The highest BCUT2D eigenvalue weighted by Crippen LogP contribution is 2.18. The summed E-state index contributed by atoms with van der Waals surface area (Å²) in [6, 6.07) is 3.74. The number of hydrogen-bond donors (Lipinski definition) is 0. The van der Waals surface area contributed by atoms with Gasteiger partial charge >= 0.3 is 0 Å². The molecule has 0 saturated heterocycles. The van der Waals surface area contributed by atoms with E-state index in [0.29, 0.717) is 0 Å². The zero-order valence-corrected chi connectivity index (χ0v) is 12.2. The van der Waals surface area contributed by atoms with E-state index in [9.17, 15) is 4.55 Å². The standard InChI is InChI=1S/C11H15BrN2OS/c1-8(14-16(15)11(2,3)4)9-5-6-10(12)13-7-9/h5-7H,1-4H3/t16-/m1/s1. The third-order valence-corrected chi connectivity index (χ3v) is 3.85. The van der Waals surface area contributed by atoms with Crippen LogP contribution in [-0.2, 0) is 11.4 Å². The van der Waals surface area contributed by atoms with Gasteiger partial charge in [0, 0.05) is 11.8 Å². The third-order valence-electron chi connectivity index (χ3n) is 1.89. The van der Waals surface area contributed by atoms with Gasteiger partial charge < -0.3 is 4.55 Å². The van der Waals surface area contributed by atoms with E-state index in [4.69, 9.17) is 0 Å². The lowest BCUT2D eigenvalue weighted by Gasteiger charge is -2.18. The van der Waals surface area contributed by atoms with Crippen LogP contribution in [0.3, 0.4) is 0 Å². The average Bonchev–Trinajstić information content (AvgIpc) is 2.17. The van der Waals surface area contributed by atoms with Gasteiger partial charge in [0.25, 0.3) is 0 Å². The van der Waals surface area contributed by atoms with E-state index in [2.05, 4.69) is 25.3 Å². The Labute approximate surface area is 108 Å². The second kappa shape index (κ2) is 5.29. The molecule has 1 aromatic rings. The van der Waals surface area contributed by atoms with Crippen molar-refractivity contribution in [3.05, 3.63) is 28.5 Å². The van der Waals surface area contributed by atoms with Crippen LogP contribution in [0.1, 0.15) is 33.3 Å².